The minimum atomic E-state index is -0.598. The van der Waals surface area contributed by atoms with E-state index in [1.165, 1.54) is 22.9 Å². The third kappa shape index (κ3) is 5.31. The van der Waals surface area contributed by atoms with Crippen LogP contribution in [0.4, 0.5) is 10.8 Å². The highest BCUT2D eigenvalue weighted by atomic mass is 32.1. The van der Waals surface area contributed by atoms with Crippen molar-refractivity contribution in [3.8, 4) is 10.4 Å². The van der Waals surface area contributed by atoms with Gasteiger partial charge in [-0.1, -0.05) is 12.8 Å². The van der Waals surface area contributed by atoms with Gasteiger partial charge in [-0.3, -0.25) is 20.2 Å². The number of fused-ring (bicyclic) bond motifs is 2. The summed E-state index contributed by atoms with van der Waals surface area (Å²) in [5.41, 5.74) is 19.8. The molecule has 0 radical (unpaired) electrons. The van der Waals surface area contributed by atoms with Crippen LogP contribution in [0, 0.1) is 5.92 Å². The molecule has 0 spiro atoms. The van der Waals surface area contributed by atoms with E-state index in [0.29, 0.717) is 31.3 Å². The molecule has 1 saturated carbocycles. The third-order valence-corrected chi connectivity index (χ3v) is 10.6. The first-order chi connectivity index (χ1) is 20.5. The van der Waals surface area contributed by atoms with Crippen LogP contribution in [0.5, 0.6) is 0 Å². The van der Waals surface area contributed by atoms with Gasteiger partial charge in [-0.05, 0) is 24.4 Å². The van der Waals surface area contributed by atoms with E-state index >= 15 is 0 Å². The van der Waals surface area contributed by atoms with E-state index in [4.69, 9.17) is 20.6 Å². The molecule has 0 aromatic carbocycles. The van der Waals surface area contributed by atoms with Crippen molar-refractivity contribution in [3.05, 3.63) is 28.6 Å². The Morgan fingerprint density at radius 1 is 1.19 bits per heavy atom. The maximum Gasteiger partial charge on any atom is 0.227 e. The smallest absolute Gasteiger partial charge is 0.227 e. The highest BCUT2D eigenvalue weighted by Gasteiger charge is 2.48. The van der Waals surface area contributed by atoms with Crippen LogP contribution in [0.2, 0.25) is 0 Å². The number of hydrogen-bond donors (Lipinski definition) is 7. The van der Waals surface area contributed by atoms with Gasteiger partial charge in [0.1, 0.15) is 24.3 Å². The van der Waals surface area contributed by atoms with Gasteiger partial charge in [0.15, 0.2) is 5.58 Å². The monoisotopic (exact) mass is 616 g/mol. The Hall–Kier alpha value is -2.67. The van der Waals surface area contributed by atoms with Crippen molar-refractivity contribution in [1.82, 2.24) is 30.8 Å². The lowest BCUT2D eigenvalue weighted by atomic mass is 9.90. The highest BCUT2D eigenvalue weighted by Crippen LogP contribution is 2.39. The Morgan fingerprint density at radius 3 is 2.83 bits per heavy atom. The summed E-state index contributed by atoms with van der Waals surface area (Å²) in [6.07, 6.45) is 4.81. The summed E-state index contributed by atoms with van der Waals surface area (Å²) >= 11 is 2.84. The number of morpholine rings is 1. The molecule has 4 fully saturated rings. The number of primary amides is 1. The van der Waals surface area contributed by atoms with Crippen molar-refractivity contribution >= 4 is 49.9 Å². The molecule has 3 aromatic rings. The van der Waals surface area contributed by atoms with Crippen molar-refractivity contribution in [2.45, 2.75) is 56.4 Å². The zero-order valence-electron chi connectivity index (χ0n) is 23.0. The van der Waals surface area contributed by atoms with Crippen LogP contribution in [-0.4, -0.2) is 78.9 Å². The minimum Gasteiger partial charge on any atom is -0.459 e. The Kier molecular flexibility index (Phi) is 7.89. The second kappa shape index (κ2) is 11.8. The lowest BCUT2D eigenvalue weighted by Crippen LogP contribution is -2.74. The molecular weight excluding hydrogens is 580 g/mol. The standard InChI is InChI=1S/C26H36N10O4S2/c27-14-3-1-2-4-15(14)30-26-32-24(20(23(28)38)25-33-29-12-36(25)26)31-18-10-17(42-34-18)13-11-40-21-16(37)9-19(41-22(13)21)35-5-7-39-8-6-35/h9-11,14-15,20,24-26,29-30,32-33H,1-8,12,27H2,(H2,28,38)(H,31,34)/t14-,15+,20?,24?,25?,26?/m1/s1. The number of nitrogens with zero attached hydrogens (tertiary/aromatic N) is 3. The maximum atomic E-state index is 12.9. The molecule has 1 amide bonds. The summed E-state index contributed by atoms with van der Waals surface area (Å²) in [5.74, 6) is -0.438. The van der Waals surface area contributed by atoms with Gasteiger partial charge in [-0.2, -0.15) is 4.37 Å². The number of aromatic nitrogens is 1. The lowest BCUT2D eigenvalue weighted by Gasteiger charge is -2.47. The number of carbonyl (C=O) groups is 1. The first kappa shape index (κ1) is 28.1. The van der Waals surface area contributed by atoms with Crippen LogP contribution in [-0.2, 0) is 9.53 Å². The summed E-state index contributed by atoms with van der Waals surface area (Å²) in [5, 5.41) is 11.6. The van der Waals surface area contributed by atoms with Crippen molar-refractivity contribution in [2.24, 2.45) is 17.4 Å². The number of nitrogens with one attached hydrogen (secondary N) is 5. The molecular formula is C26H36N10O4S2. The number of anilines is 2. The van der Waals surface area contributed by atoms with Gasteiger partial charge < -0.3 is 30.8 Å². The fourth-order valence-electron chi connectivity index (χ4n) is 6.36. The van der Waals surface area contributed by atoms with Crippen LogP contribution < -0.4 is 48.6 Å². The van der Waals surface area contributed by atoms with Crippen molar-refractivity contribution in [2.75, 3.05) is 43.2 Å². The number of amides is 1. The first-order valence-electron chi connectivity index (χ1n) is 14.4. The van der Waals surface area contributed by atoms with Gasteiger partial charge in [0.05, 0.1) is 46.8 Å². The van der Waals surface area contributed by atoms with E-state index < -0.39 is 18.0 Å². The molecule has 4 unspecified atom stereocenters. The van der Waals surface area contributed by atoms with Crippen LogP contribution in [0.25, 0.3) is 20.7 Å². The normalized spacial score (nSPS) is 30.5. The third-order valence-electron chi connectivity index (χ3n) is 8.59. The van der Waals surface area contributed by atoms with Gasteiger partial charge in [0.25, 0.3) is 0 Å². The van der Waals surface area contributed by atoms with E-state index in [1.54, 1.807) is 12.3 Å². The van der Waals surface area contributed by atoms with E-state index in [1.807, 2.05) is 6.07 Å². The summed E-state index contributed by atoms with van der Waals surface area (Å²) in [6, 6.07) is 3.80. The zero-order valence-corrected chi connectivity index (χ0v) is 24.6. The number of nitrogens with two attached hydrogens (primary N) is 2. The predicted molar refractivity (Wildman–Crippen MR) is 162 cm³/mol. The first-order valence-corrected chi connectivity index (χ1v) is 16.0. The number of hydrazine groups is 1. The van der Waals surface area contributed by atoms with Crippen molar-refractivity contribution < 1.29 is 13.9 Å². The highest BCUT2D eigenvalue weighted by molar-refractivity contribution is 7.23. The molecule has 6 heterocycles. The molecule has 3 saturated heterocycles. The van der Waals surface area contributed by atoms with Crippen molar-refractivity contribution in [3.63, 3.8) is 0 Å². The fraction of sp³-hybridized carbons (Fsp3) is 0.577. The van der Waals surface area contributed by atoms with E-state index in [9.17, 15) is 9.59 Å². The Labute approximate surface area is 250 Å². The van der Waals surface area contributed by atoms with Gasteiger partial charge in [-0.15, -0.1) is 11.3 Å². The quantitative estimate of drug-likeness (QED) is 0.189. The molecule has 42 heavy (non-hydrogen) atoms. The molecule has 6 atom stereocenters. The molecule has 3 aromatic heterocycles. The molecule has 7 rings (SSSR count). The molecule has 16 heteroatoms. The number of hydrogen-bond acceptors (Lipinski definition) is 15. The molecule has 14 nitrogen and oxygen atoms in total. The van der Waals surface area contributed by atoms with E-state index in [0.717, 1.165) is 58.9 Å². The Bertz CT molecular complexity index is 1490. The van der Waals surface area contributed by atoms with Crippen LogP contribution in [0.15, 0.2) is 27.6 Å². The van der Waals surface area contributed by atoms with Gasteiger partial charge in [0.2, 0.25) is 11.3 Å². The average molecular weight is 617 g/mol. The van der Waals surface area contributed by atoms with Crippen LogP contribution >= 0.6 is 22.9 Å². The summed E-state index contributed by atoms with van der Waals surface area (Å²) in [4.78, 5) is 30.7. The summed E-state index contributed by atoms with van der Waals surface area (Å²) < 4.78 is 16.6. The number of rotatable bonds is 7. The number of furan rings is 1. The van der Waals surface area contributed by atoms with E-state index in [-0.39, 0.29) is 30.0 Å². The zero-order chi connectivity index (χ0) is 28.8. The van der Waals surface area contributed by atoms with Crippen LogP contribution in [0.3, 0.4) is 0 Å². The Morgan fingerprint density at radius 2 is 2.02 bits per heavy atom. The van der Waals surface area contributed by atoms with Crippen molar-refractivity contribution in [1.29, 1.82) is 0 Å². The molecule has 4 aliphatic rings. The van der Waals surface area contributed by atoms with Gasteiger partial charge >= 0.3 is 0 Å². The van der Waals surface area contributed by atoms with Crippen LogP contribution in [0.1, 0.15) is 25.7 Å². The summed E-state index contributed by atoms with van der Waals surface area (Å²) in [7, 11) is 0. The molecule has 0 bridgehead atoms. The topological polar surface area (TPSA) is 188 Å². The molecule has 226 valence electrons. The van der Waals surface area contributed by atoms with Gasteiger partial charge in [0, 0.05) is 42.9 Å². The largest absolute Gasteiger partial charge is 0.459 e. The fourth-order valence-corrected chi connectivity index (χ4v) is 8.33. The van der Waals surface area contributed by atoms with E-state index in [2.05, 4.69) is 41.0 Å². The molecule has 1 aliphatic carbocycles. The second-order valence-electron chi connectivity index (χ2n) is 11.2. The Balaban J connectivity index is 1.14. The summed E-state index contributed by atoms with van der Waals surface area (Å²) in [6.45, 7) is 3.29. The minimum absolute atomic E-state index is 0.0770. The number of carbonyl (C=O) groups excluding carboxylic acids is 1. The lowest BCUT2D eigenvalue weighted by molar-refractivity contribution is -0.128. The number of ether oxygens (including phenoxy) is 1. The second-order valence-corrected chi connectivity index (χ2v) is 13.0. The predicted octanol–water partition coefficient (Wildman–Crippen LogP) is 0.0938. The molecule has 3 aliphatic heterocycles. The molecule has 9 N–H and O–H groups in total. The SMILES string of the molecule is NC(=O)C1C(Nc2cc(-c3coc4c(=O)cc(N5CCOCC5)sc34)sn2)NC(N[C@H]2CCCC[C@H]2N)N2CNNC12. The maximum absolute atomic E-state index is 12.9. The van der Waals surface area contributed by atoms with Gasteiger partial charge in [-0.25, -0.2) is 15.8 Å². The average Bonchev–Trinajstić information content (AvgIpc) is 3.75.